The maximum absolute atomic E-state index is 12.8. The number of nitrogens with zero attached hydrogens (tertiary/aromatic N) is 2. The summed E-state index contributed by atoms with van der Waals surface area (Å²) in [4.78, 5) is 29.2. The zero-order chi connectivity index (χ0) is 20.4. The standard InChI is InChI=1S/C24H29N3O2/c1-26(2)15-20-7-4-3-6-19(20)14-25-24(29)21-13-23(28)27(16-21)22-11-10-17-8-5-9-18(17)12-22/h3-4,6-7,10-12,21H,5,8-9,13-16H2,1-2H3,(H,25,29). The van der Waals surface area contributed by atoms with Crippen LogP contribution in [-0.4, -0.2) is 37.4 Å². The fraction of sp³-hybridized carbons (Fsp3) is 0.417. The summed E-state index contributed by atoms with van der Waals surface area (Å²) in [5.41, 5.74) is 6.00. The highest BCUT2D eigenvalue weighted by Gasteiger charge is 2.35. The quantitative estimate of drug-likeness (QED) is 0.824. The molecule has 0 aromatic heterocycles. The molecule has 2 aliphatic rings. The van der Waals surface area contributed by atoms with Gasteiger partial charge in [0.1, 0.15) is 0 Å². The van der Waals surface area contributed by atoms with Crippen molar-refractivity contribution in [3.63, 3.8) is 0 Å². The van der Waals surface area contributed by atoms with E-state index in [1.807, 2.05) is 32.3 Å². The molecule has 1 saturated heterocycles. The van der Waals surface area contributed by atoms with Gasteiger partial charge in [-0.05, 0) is 67.7 Å². The molecule has 5 nitrogen and oxygen atoms in total. The van der Waals surface area contributed by atoms with E-state index in [2.05, 4.69) is 34.5 Å². The molecule has 1 N–H and O–H groups in total. The second kappa shape index (κ2) is 8.37. The Labute approximate surface area is 172 Å². The number of hydrogen-bond donors (Lipinski definition) is 1. The predicted octanol–water partition coefficient (Wildman–Crippen LogP) is 2.91. The van der Waals surface area contributed by atoms with E-state index < -0.39 is 0 Å². The molecule has 29 heavy (non-hydrogen) atoms. The molecule has 2 aromatic carbocycles. The molecular weight excluding hydrogens is 362 g/mol. The zero-order valence-electron chi connectivity index (χ0n) is 17.3. The minimum Gasteiger partial charge on any atom is -0.352 e. The summed E-state index contributed by atoms with van der Waals surface area (Å²) in [6.45, 7) is 1.79. The third-order valence-corrected chi connectivity index (χ3v) is 5.95. The average Bonchev–Trinajstić information content (AvgIpc) is 3.32. The maximum Gasteiger partial charge on any atom is 0.227 e. The Morgan fingerprint density at radius 1 is 1.10 bits per heavy atom. The van der Waals surface area contributed by atoms with Gasteiger partial charge in [-0.15, -0.1) is 0 Å². The minimum atomic E-state index is -0.295. The van der Waals surface area contributed by atoms with Crippen LogP contribution in [0.25, 0.3) is 0 Å². The fourth-order valence-electron chi connectivity index (χ4n) is 4.41. The van der Waals surface area contributed by atoms with Gasteiger partial charge in [-0.3, -0.25) is 9.59 Å². The van der Waals surface area contributed by atoms with E-state index in [1.165, 1.54) is 23.1 Å². The molecule has 1 heterocycles. The Hall–Kier alpha value is -2.66. The summed E-state index contributed by atoms with van der Waals surface area (Å²) in [7, 11) is 4.07. The fourth-order valence-corrected chi connectivity index (χ4v) is 4.41. The molecular formula is C24H29N3O2. The Morgan fingerprint density at radius 2 is 1.86 bits per heavy atom. The summed E-state index contributed by atoms with van der Waals surface area (Å²) < 4.78 is 0. The van der Waals surface area contributed by atoms with E-state index in [1.54, 1.807) is 4.90 Å². The third kappa shape index (κ3) is 4.35. The number of nitrogens with one attached hydrogen (secondary N) is 1. The molecule has 5 heteroatoms. The van der Waals surface area contributed by atoms with Gasteiger partial charge in [-0.1, -0.05) is 30.3 Å². The van der Waals surface area contributed by atoms with Crippen molar-refractivity contribution < 1.29 is 9.59 Å². The highest BCUT2D eigenvalue weighted by molar-refractivity contribution is 6.00. The first-order valence-corrected chi connectivity index (χ1v) is 10.4. The van der Waals surface area contributed by atoms with E-state index in [9.17, 15) is 9.59 Å². The number of fused-ring (bicyclic) bond motifs is 1. The molecule has 4 rings (SSSR count). The van der Waals surface area contributed by atoms with Crippen LogP contribution >= 0.6 is 0 Å². The van der Waals surface area contributed by atoms with Gasteiger partial charge in [-0.25, -0.2) is 0 Å². The number of amides is 2. The number of anilines is 1. The van der Waals surface area contributed by atoms with Crippen molar-refractivity contribution in [2.75, 3.05) is 25.5 Å². The van der Waals surface area contributed by atoms with E-state index in [0.717, 1.165) is 30.6 Å². The van der Waals surface area contributed by atoms with Crippen LogP contribution in [0.4, 0.5) is 5.69 Å². The second-order valence-electron chi connectivity index (χ2n) is 8.44. The number of benzene rings is 2. The van der Waals surface area contributed by atoms with Gasteiger partial charge in [0.25, 0.3) is 0 Å². The number of carbonyl (C=O) groups excluding carboxylic acids is 2. The monoisotopic (exact) mass is 391 g/mol. The van der Waals surface area contributed by atoms with E-state index >= 15 is 0 Å². The lowest BCUT2D eigenvalue weighted by Crippen LogP contribution is -2.33. The lowest BCUT2D eigenvalue weighted by atomic mass is 10.1. The largest absolute Gasteiger partial charge is 0.352 e. The number of hydrogen-bond acceptors (Lipinski definition) is 3. The van der Waals surface area contributed by atoms with E-state index in [4.69, 9.17) is 0 Å². The minimum absolute atomic E-state index is 0.0381. The van der Waals surface area contributed by atoms with Crippen molar-refractivity contribution >= 4 is 17.5 Å². The van der Waals surface area contributed by atoms with Gasteiger partial charge in [-0.2, -0.15) is 0 Å². The molecule has 0 radical (unpaired) electrons. The molecule has 1 fully saturated rings. The van der Waals surface area contributed by atoms with Crippen LogP contribution in [0.2, 0.25) is 0 Å². The predicted molar refractivity (Wildman–Crippen MR) is 115 cm³/mol. The lowest BCUT2D eigenvalue weighted by Gasteiger charge is -2.18. The van der Waals surface area contributed by atoms with Crippen LogP contribution in [0.1, 0.15) is 35.1 Å². The Bertz CT molecular complexity index is 922. The van der Waals surface area contributed by atoms with Crippen LogP contribution in [-0.2, 0) is 35.5 Å². The average molecular weight is 392 g/mol. The third-order valence-electron chi connectivity index (χ3n) is 5.95. The van der Waals surface area contributed by atoms with Crippen LogP contribution in [0.3, 0.4) is 0 Å². The zero-order valence-corrected chi connectivity index (χ0v) is 17.3. The van der Waals surface area contributed by atoms with Crippen molar-refractivity contribution in [1.82, 2.24) is 10.2 Å². The normalized spacial score (nSPS) is 18.4. The Morgan fingerprint density at radius 3 is 2.66 bits per heavy atom. The van der Waals surface area contributed by atoms with Crippen molar-refractivity contribution in [2.45, 2.75) is 38.8 Å². The van der Waals surface area contributed by atoms with E-state index in [-0.39, 0.29) is 24.2 Å². The Kier molecular flexibility index (Phi) is 5.67. The summed E-state index contributed by atoms with van der Waals surface area (Å²) in [5.74, 6) is -0.297. The molecule has 0 bridgehead atoms. The molecule has 1 aliphatic heterocycles. The van der Waals surface area contributed by atoms with Crippen LogP contribution in [0.15, 0.2) is 42.5 Å². The molecule has 1 unspecified atom stereocenters. The summed E-state index contributed by atoms with van der Waals surface area (Å²) in [6.07, 6.45) is 3.68. The first-order chi connectivity index (χ1) is 14.0. The van der Waals surface area contributed by atoms with Crippen molar-refractivity contribution in [2.24, 2.45) is 5.92 Å². The SMILES string of the molecule is CN(C)Cc1ccccc1CNC(=O)C1CC(=O)N(c2ccc3c(c2)CCC3)C1. The van der Waals surface area contributed by atoms with Gasteiger partial charge in [0.15, 0.2) is 0 Å². The van der Waals surface area contributed by atoms with Gasteiger partial charge >= 0.3 is 0 Å². The van der Waals surface area contributed by atoms with Crippen molar-refractivity contribution in [1.29, 1.82) is 0 Å². The topological polar surface area (TPSA) is 52.7 Å². The number of aryl methyl sites for hydroxylation is 2. The second-order valence-corrected chi connectivity index (χ2v) is 8.44. The molecule has 0 saturated carbocycles. The molecule has 2 amide bonds. The first kappa shape index (κ1) is 19.6. The highest BCUT2D eigenvalue weighted by atomic mass is 16.2. The van der Waals surface area contributed by atoms with Gasteiger partial charge in [0.2, 0.25) is 11.8 Å². The van der Waals surface area contributed by atoms with Crippen molar-refractivity contribution in [3.8, 4) is 0 Å². The molecule has 2 aromatic rings. The van der Waals surface area contributed by atoms with Crippen LogP contribution in [0.5, 0.6) is 0 Å². The summed E-state index contributed by atoms with van der Waals surface area (Å²) >= 11 is 0. The lowest BCUT2D eigenvalue weighted by molar-refractivity contribution is -0.126. The van der Waals surface area contributed by atoms with Gasteiger partial charge in [0, 0.05) is 31.7 Å². The highest BCUT2D eigenvalue weighted by Crippen LogP contribution is 2.30. The van der Waals surface area contributed by atoms with Crippen LogP contribution < -0.4 is 10.2 Å². The number of rotatable bonds is 6. The molecule has 1 aliphatic carbocycles. The molecule has 1 atom stereocenters. The van der Waals surface area contributed by atoms with Gasteiger partial charge < -0.3 is 15.1 Å². The maximum atomic E-state index is 12.8. The Balaban J connectivity index is 1.39. The first-order valence-electron chi connectivity index (χ1n) is 10.4. The molecule has 152 valence electrons. The summed E-state index contributed by atoms with van der Waals surface area (Å²) in [5, 5.41) is 3.05. The van der Waals surface area contributed by atoms with Gasteiger partial charge in [0.05, 0.1) is 5.92 Å². The summed E-state index contributed by atoms with van der Waals surface area (Å²) in [6, 6.07) is 14.5. The van der Waals surface area contributed by atoms with E-state index in [0.29, 0.717) is 13.1 Å². The number of carbonyl (C=O) groups is 2. The smallest absolute Gasteiger partial charge is 0.227 e. The molecule has 0 spiro atoms. The van der Waals surface area contributed by atoms with Crippen LogP contribution in [0, 0.1) is 5.92 Å². The van der Waals surface area contributed by atoms with Crippen molar-refractivity contribution in [3.05, 3.63) is 64.7 Å².